The Labute approximate surface area is 194 Å². The number of hydrogen-bond acceptors (Lipinski definition) is 6. The van der Waals surface area contributed by atoms with Crippen molar-refractivity contribution >= 4 is 27.7 Å². The number of nitrogens with one attached hydrogen (secondary N) is 1. The number of amides is 2. The van der Waals surface area contributed by atoms with E-state index in [4.69, 9.17) is 4.55 Å². The third kappa shape index (κ3) is 4.26. The van der Waals surface area contributed by atoms with Crippen molar-refractivity contribution in [1.29, 1.82) is 0 Å². The molecule has 1 unspecified atom stereocenters. The van der Waals surface area contributed by atoms with Crippen molar-refractivity contribution in [3.8, 4) is 0 Å². The van der Waals surface area contributed by atoms with E-state index < -0.39 is 21.3 Å². The van der Waals surface area contributed by atoms with E-state index in [1.807, 2.05) is 44.2 Å². The van der Waals surface area contributed by atoms with Crippen LogP contribution in [0, 0.1) is 22.7 Å². The van der Waals surface area contributed by atoms with E-state index in [1.165, 1.54) is 4.90 Å². The molecule has 0 aromatic heterocycles. The summed E-state index contributed by atoms with van der Waals surface area (Å²) in [7, 11) is -4.08. The van der Waals surface area contributed by atoms with Crippen molar-refractivity contribution in [2.75, 3.05) is 12.3 Å². The topological polar surface area (TPSA) is 121 Å². The molecule has 1 aromatic carbocycles. The van der Waals surface area contributed by atoms with Crippen molar-refractivity contribution < 1.29 is 27.4 Å². The van der Waals surface area contributed by atoms with Crippen LogP contribution < -0.4 is 5.32 Å². The fourth-order valence-corrected chi connectivity index (χ4v) is 7.53. The van der Waals surface area contributed by atoms with Gasteiger partial charge in [-0.3, -0.25) is 23.8 Å². The van der Waals surface area contributed by atoms with Crippen LogP contribution in [-0.4, -0.2) is 53.8 Å². The summed E-state index contributed by atoms with van der Waals surface area (Å²) in [5.41, 5.74) is -0.122. The van der Waals surface area contributed by atoms with Crippen LogP contribution in [0.25, 0.3) is 0 Å². The Bertz CT molecular complexity index is 1030. The van der Waals surface area contributed by atoms with Gasteiger partial charge in [-0.15, -0.1) is 0 Å². The summed E-state index contributed by atoms with van der Waals surface area (Å²) in [6.45, 7) is 5.12. The Hall–Kier alpha value is -2.10. The van der Waals surface area contributed by atoms with E-state index in [0.717, 1.165) is 31.4 Å². The van der Waals surface area contributed by atoms with Gasteiger partial charge in [-0.1, -0.05) is 44.2 Å². The van der Waals surface area contributed by atoms with Gasteiger partial charge in [0.15, 0.2) is 0 Å². The molecule has 0 radical (unpaired) electrons. The largest absolute Gasteiger partial charge is 0.305 e. The Morgan fingerprint density at radius 1 is 1.09 bits per heavy atom. The van der Waals surface area contributed by atoms with Crippen molar-refractivity contribution in [2.45, 2.75) is 58.5 Å². The lowest BCUT2D eigenvalue weighted by Gasteiger charge is -2.35. The first-order valence-electron chi connectivity index (χ1n) is 11.6. The van der Waals surface area contributed by atoms with Crippen molar-refractivity contribution in [3.05, 3.63) is 35.9 Å². The molecule has 4 atom stereocenters. The average Bonchev–Trinajstić information content (AvgIpc) is 3.22. The molecule has 1 aromatic rings. The van der Waals surface area contributed by atoms with Crippen LogP contribution in [0.2, 0.25) is 0 Å². The summed E-state index contributed by atoms with van der Waals surface area (Å²) in [4.78, 5) is 37.7. The zero-order valence-corrected chi connectivity index (χ0v) is 19.9. The SMILES string of the molecule is CC1(C)C2CC[C@]1(CS(=O)(=O)O)C(=O)C2.O=C1[C@H]2NCCC[C@H]2C(=O)N1Cc1ccccc1. The smallest absolute Gasteiger partial charge is 0.265 e. The van der Waals surface area contributed by atoms with Crippen LogP contribution in [0.4, 0.5) is 0 Å². The molecule has 5 rings (SSSR count). The second-order valence-electron chi connectivity index (χ2n) is 10.3. The molecule has 33 heavy (non-hydrogen) atoms. The number of likely N-dealkylation sites (tertiary alicyclic amines) is 1. The van der Waals surface area contributed by atoms with Crippen LogP contribution in [-0.2, 0) is 31.0 Å². The molecule has 2 N–H and O–H groups in total. The second kappa shape index (κ2) is 8.60. The van der Waals surface area contributed by atoms with Gasteiger partial charge in [0.25, 0.3) is 10.1 Å². The Morgan fingerprint density at radius 3 is 2.33 bits per heavy atom. The van der Waals surface area contributed by atoms with Gasteiger partial charge in [0, 0.05) is 6.42 Å². The highest BCUT2D eigenvalue weighted by molar-refractivity contribution is 7.85. The van der Waals surface area contributed by atoms with E-state index in [-0.39, 0.29) is 40.9 Å². The zero-order valence-electron chi connectivity index (χ0n) is 19.1. The van der Waals surface area contributed by atoms with E-state index in [1.54, 1.807) is 0 Å². The molecule has 8 nitrogen and oxygen atoms in total. The number of hydrogen-bond donors (Lipinski definition) is 2. The van der Waals surface area contributed by atoms with E-state index in [2.05, 4.69) is 5.32 Å². The van der Waals surface area contributed by atoms with Gasteiger partial charge in [-0.2, -0.15) is 8.42 Å². The van der Waals surface area contributed by atoms with Gasteiger partial charge in [-0.05, 0) is 49.1 Å². The first-order valence-corrected chi connectivity index (χ1v) is 13.2. The fourth-order valence-electron chi connectivity index (χ4n) is 6.23. The monoisotopic (exact) mass is 476 g/mol. The molecular formula is C24H32N2O6S. The van der Waals surface area contributed by atoms with Crippen LogP contribution in [0.1, 0.15) is 51.5 Å². The summed E-state index contributed by atoms with van der Waals surface area (Å²) < 4.78 is 31.0. The zero-order chi connectivity index (χ0) is 24.0. The number of Topliss-reactive ketones (excluding diaryl/α,β-unsaturated/α-hetero) is 1. The number of carbonyl (C=O) groups excluding carboxylic acids is 3. The summed E-state index contributed by atoms with van der Waals surface area (Å²) in [6, 6.07) is 9.37. The minimum absolute atomic E-state index is 0.0129. The van der Waals surface area contributed by atoms with Crippen molar-refractivity contribution in [1.82, 2.24) is 10.2 Å². The third-order valence-electron chi connectivity index (χ3n) is 8.33. The van der Waals surface area contributed by atoms with Crippen molar-refractivity contribution in [3.63, 3.8) is 0 Å². The molecule has 4 aliphatic rings. The molecule has 2 bridgehead atoms. The quantitative estimate of drug-likeness (QED) is 0.505. The number of ketones is 1. The summed E-state index contributed by atoms with van der Waals surface area (Å²) in [5.74, 6) is -0.319. The molecule has 2 amide bonds. The molecule has 2 heterocycles. The maximum Gasteiger partial charge on any atom is 0.265 e. The van der Waals surface area contributed by atoms with Crippen molar-refractivity contribution in [2.24, 2.45) is 22.7 Å². The Balaban J connectivity index is 0.000000160. The lowest BCUT2D eigenvalue weighted by molar-refractivity contribution is -0.140. The predicted molar refractivity (Wildman–Crippen MR) is 121 cm³/mol. The van der Waals surface area contributed by atoms with E-state index >= 15 is 0 Å². The lowest BCUT2D eigenvalue weighted by Crippen LogP contribution is -2.44. The van der Waals surface area contributed by atoms with E-state index in [9.17, 15) is 22.8 Å². The Kier molecular flexibility index (Phi) is 6.26. The van der Waals surface area contributed by atoms with Gasteiger partial charge < -0.3 is 5.32 Å². The third-order valence-corrected chi connectivity index (χ3v) is 9.18. The number of benzene rings is 1. The number of fused-ring (bicyclic) bond motifs is 3. The number of nitrogens with zero attached hydrogens (tertiary/aromatic N) is 1. The highest BCUT2D eigenvalue weighted by atomic mass is 32.2. The van der Waals surface area contributed by atoms with Gasteiger partial charge in [0.2, 0.25) is 11.8 Å². The maximum absolute atomic E-state index is 12.2. The highest BCUT2D eigenvalue weighted by Crippen LogP contribution is 2.64. The molecule has 2 saturated heterocycles. The maximum atomic E-state index is 12.2. The average molecular weight is 477 g/mol. The summed E-state index contributed by atoms with van der Waals surface area (Å²) in [6.07, 6.45) is 3.77. The predicted octanol–water partition coefficient (Wildman–Crippen LogP) is 2.19. The minimum Gasteiger partial charge on any atom is -0.305 e. The first-order chi connectivity index (χ1) is 15.5. The normalized spacial score (nSPS) is 32.5. The molecule has 2 aliphatic heterocycles. The molecule has 2 saturated carbocycles. The summed E-state index contributed by atoms with van der Waals surface area (Å²) in [5, 5.41) is 3.16. The summed E-state index contributed by atoms with van der Waals surface area (Å²) >= 11 is 0. The molecule has 4 fully saturated rings. The fraction of sp³-hybridized carbons (Fsp3) is 0.625. The molecule has 0 spiro atoms. The molecule has 9 heteroatoms. The number of carbonyl (C=O) groups is 3. The van der Waals surface area contributed by atoms with Gasteiger partial charge in [0.05, 0.1) is 29.7 Å². The van der Waals surface area contributed by atoms with Gasteiger partial charge in [-0.25, -0.2) is 0 Å². The minimum atomic E-state index is -4.08. The first kappa shape index (κ1) is 24.0. The molecule has 180 valence electrons. The van der Waals surface area contributed by atoms with Crippen LogP contribution >= 0.6 is 0 Å². The number of piperidine rings is 1. The molecule has 2 aliphatic carbocycles. The van der Waals surface area contributed by atoms with Gasteiger partial charge >= 0.3 is 0 Å². The van der Waals surface area contributed by atoms with Gasteiger partial charge in [0.1, 0.15) is 5.78 Å². The lowest BCUT2D eigenvalue weighted by atomic mass is 9.70. The standard InChI is InChI=1S/C14H16N2O2.C10H16O4S/c17-13-11-7-4-8-15-12(11)14(18)16(13)9-10-5-2-1-3-6-10;1-9(2)7-3-4-10(9,8(11)5-7)6-15(12,13)14/h1-3,5-6,11-12,15H,4,7-9H2;7H,3-6H2,1-2H3,(H,12,13,14)/t11-,12+;7?,10-/m10/s1. The molecular weight excluding hydrogens is 444 g/mol. The van der Waals surface area contributed by atoms with Crippen LogP contribution in [0.5, 0.6) is 0 Å². The number of rotatable bonds is 4. The van der Waals surface area contributed by atoms with E-state index in [0.29, 0.717) is 19.4 Å². The van der Waals surface area contributed by atoms with Crippen LogP contribution in [0.15, 0.2) is 30.3 Å². The number of imide groups is 1. The second-order valence-corrected chi connectivity index (χ2v) is 11.8. The van der Waals surface area contributed by atoms with Crippen LogP contribution in [0.3, 0.4) is 0 Å². The Morgan fingerprint density at radius 2 is 1.79 bits per heavy atom. The highest BCUT2D eigenvalue weighted by Gasteiger charge is 2.65.